The first-order chi connectivity index (χ1) is 36.1. The molecule has 2 atom stereocenters. The third-order valence-electron chi connectivity index (χ3n) is 13.6. The summed E-state index contributed by atoms with van der Waals surface area (Å²) >= 11 is 0. The van der Waals surface area contributed by atoms with E-state index in [9.17, 15) is 0 Å². The number of rotatable bonds is 19. The Bertz CT molecular complexity index is 3200. The van der Waals surface area contributed by atoms with E-state index in [1.54, 1.807) is 0 Å². The summed E-state index contributed by atoms with van der Waals surface area (Å²) in [5.41, 5.74) is 15.9. The molecule has 0 aliphatic rings. The summed E-state index contributed by atoms with van der Waals surface area (Å²) in [5, 5.41) is 0. The predicted octanol–water partition coefficient (Wildman–Crippen LogP) is 19.8. The van der Waals surface area contributed by atoms with Gasteiger partial charge in [0.15, 0.2) is 0 Å². The average Bonchev–Trinajstić information content (AvgIpc) is 3.46. The zero-order chi connectivity index (χ0) is 49.6. The van der Waals surface area contributed by atoms with Crippen LogP contribution in [0.4, 0.5) is 62.6 Å². The van der Waals surface area contributed by atoms with Crippen LogP contribution in [0.15, 0.2) is 285 Å². The average molecular weight is 947 g/mol. The number of para-hydroxylation sites is 5. The molecule has 10 rings (SSSR count). The van der Waals surface area contributed by atoms with Gasteiger partial charge in [-0.25, -0.2) is 0 Å². The van der Waals surface area contributed by atoms with Gasteiger partial charge in [-0.05, 0) is 175 Å². The molecule has 2 unspecified atom stereocenters. The van der Waals surface area contributed by atoms with Crippen molar-refractivity contribution in [1.29, 1.82) is 0 Å². The second-order valence-corrected chi connectivity index (χ2v) is 18.6. The molecule has 0 saturated carbocycles. The van der Waals surface area contributed by atoms with Gasteiger partial charge in [-0.15, -0.1) is 0 Å². The fraction of sp³-hybridized carbons (Fsp3) is 0.101. The van der Waals surface area contributed by atoms with E-state index in [-0.39, 0.29) is 0 Å². The highest BCUT2D eigenvalue weighted by molar-refractivity contribution is 5.83. The molecule has 10 aromatic rings. The van der Waals surface area contributed by atoms with Crippen LogP contribution in [0, 0.1) is 5.92 Å². The van der Waals surface area contributed by atoms with Gasteiger partial charge in [0.1, 0.15) is 0 Å². The maximum Gasteiger partial charge on any atom is 0.0463 e. The van der Waals surface area contributed by atoms with Crippen molar-refractivity contribution in [2.24, 2.45) is 5.92 Å². The third kappa shape index (κ3) is 11.5. The van der Waals surface area contributed by atoms with Crippen LogP contribution in [0.1, 0.15) is 38.7 Å². The minimum atomic E-state index is 0.339. The normalized spacial score (nSPS) is 12.0. The van der Waals surface area contributed by atoms with Crippen LogP contribution in [0.25, 0.3) is 17.2 Å². The Morgan fingerprint density at radius 2 is 0.562 bits per heavy atom. The van der Waals surface area contributed by atoms with Crippen molar-refractivity contribution in [3.63, 3.8) is 0 Å². The van der Waals surface area contributed by atoms with Gasteiger partial charge in [0.05, 0.1) is 0 Å². The van der Waals surface area contributed by atoms with Crippen molar-refractivity contribution in [1.82, 2.24) is 0 Å². The lowest BCUT2D eigenvalue weighted by Gasteiger charge is -2.34. The number of hydrogen-bond donors (Lipinski definition) is 0. The Hall–Kier alpha value is -8.86. The number of hydrogen-bond acceptors (Lipinski definition) is 4. The summed E-state index contributed by atoms with van der Waals surface area (Å²) in [7, 11) is 0. The third-order valence-corrected chi connectivity index (χ3v) is 13.6. The molecular formula is C69H62N4. The summed E-state index contributed by atoms with van der Waals surface area (Å²) in [4.78, 5) is 9.53. The minimum absolute atomic E-state index is 0.339. The maximum absolute atomic E-state index is 2.55. The molecule has 0 amide bonds. The summed E-state index contributed by atoms with van der Waals surface area (Å²) in [6, 6.07) is 100. The van der Waals surface area contributed by atoms with Gasteiger partial charge in [-0.1, -0.05) is 172 Å². The maximum atomic E-state index is 2.55. The number of allylic oxidation sites excluding steroid dienone is 1. The van der Waals surface area contributed by atoms with E-state index in [1.165, 1.54) is 16.9 Å². The Morgan fingerprint density at radius 1 is 0.301 bits per heavy atom. The number of anilines is 11. The highest BCUT2D eigenvalue weighted by Crippen LogP contribution is 2.42. The summed E-state index contributed by atoms with van der Waals surface area (Å²) in [5.74, 6) is 0.466. The summed E-state index contributed by atoms with van der Waals surface area (Å²) in [6.45, 7) is 4.66. The molecule has 0 N–H and O–H groups in total. The van der Waals surface area contributed by atoms with Crippen LogP contribution < -0.4 is 19.6 Å². The Labute approximate surface area is 433 Å². The zero-order valence-electron chi connectivity index (χ0n) is 41.8. The number of nitrogens with zero attached hydrogens (tertiary/aromatic N) is 4. The van der Waals surface area contributed by atoms with Crippen molar-refractivity contribution in [2.45, 2.75) is 39.2 Å². The predicted molar refractivity (Wildman–Crippen MR) is 312 cm³/mol. The van der Waals surface area contributed by atoms with Crippen molar-refractivity contribution < 1.29 is 0 Å². The van der Waals surface area contributed by atoms with Crippen molar-refractivity contribution in [3.05, 3.63) is 291 Å². The molecule has 0 saturated heterocycles. The van der Waals surface area contributed by atoms with E-state index in [0.29, 0.717) is 12.0 Å². The van der Waals surface area contributed by atoms with E-state index >= 15 is 0 Å². The van der Waals surface area contributed by atoms with Crippen LogP contribution in [0.3, 0.4) is 0 Å². The monoisotopic (exact) mass is 946 g/mol. The van der Waals surface area contributed by atoms with Crippen LogP contribution >= 0.6 is 0 Å². The molecule has 0 fully saturated rings. The van der Waals surface area contributed by atoms with Crippen molar-refractivity contribution in [3.8, 4) is 11.1 Å². The molecule has 0 heterocycles. The van der Waals surface area contributed by atoms with Crippen molar-refractivity contribution in [2.75, 3.05) is 19.6 Å². The van der Waals surface area contributed by atoms with E-state index in [4.69, 9.17) is 0 Å². The standard InChI is InChI=1S/C69H62N4/c1-3-58(41-35-54(2)34-36-55-22-10-4-11-23-55)70(59-24-12-5-13-25-59)66-46-48-68(49-47-66)73(63-32-20-9-21-33-63)69-52-50-67(51-53-69)72(62-30-18-8-19-31-62)65-44-39-57(40-45-65)56-37-42-64(43-38-56)71(60-26-14-6-15-27-60)61-28-16-7-17-29-61/h4-34,36-40,42-54,58H,3,35,41H2,1-2H3. The molecule has 0 aliphatic carbocycles. The van der Waals surface area contributed by atoms with Gasteiger partial charge >= 0.3 is 0 Å². The fourth-order valence-corrected chi connectivity index (χ4v) is 9.84. The second kappa shape index (κ2) is 23.4. The molecule has 73 heavy (non-hydrogen) atoms. The molecule has 0 aromatic heterocycles. The van der Waals surface area contributed by atoms with E-state index < -0.39 is 0 Å². The van der Waals surface area contributed by atoms with Gasteiger partial charge in [-0.3, -0.25) is 0 Å². The van der Waals surface area contributed by atoms with Crippen LogP contribution in [0.2, 0.25) is 0 Å². The van der Waals surface area contributed by atoms with E-state index in [2.05, 4.69) is 325 Å². The molecule has 0 radical (unpaired) electrons. The molecule has 10 aromatic carbocycles. The van der Waals surface area contributed by atoms with Crippen molar-refractivity contribution >= 4 is 68.6 Å². The van der Waals surface area contributed by atoms with Gasteiger partial charge in [0.2, 0.25) is 0 Å². The SMILES string of the molecule is CCC(CCC(C)C=Cc1ccccc1)N(c1ccccc1)c1ccc(N(c2ccccc2)c2ccc(N(c3ccccc3)c3ccc(-c4ccc(N(c5ccccc5)c5ccccc5)cc4)cc3)cc2)cc1. The highest BCUT2D eigenvalue weighted by atomic mass is 15.2. The Morgan fingerprint density at radius 3 is 0.890 bits per heavy atom. The second-order valence-electron chi connectivity index (χ2n) is 18.6. The molecule has 4 nitrogen and oxygen atoms in total. The zero-order valence-corrected chi connectivity index (χ0v) is 41.8. The van der Waals surface area contributed by atoms with Crippen LogP contribution in [-0.2, 0) is 0 Å². The van der Waals surface area contributed by atoms with Crippen LogP contribution in [0.5, 0.6) is 0 Å². The van der Waals surface area contributed by atoms with Gasteiger partial charge < -0.3 is 19.6 Å². The molecule has 0 bridgehead atoms. The lowest BCUT2D eigenvalue weighted by Crippen LogP contribution is -2.31. The Balaban J connectivity index is 0.909. The fourth-order valence-electron chi connectivity index (χ4n) is 9.84. The van der Waals surface area contributed by atoms with E-state index in [0.717, 1.165) is 81.6 Å². The van der Waals surface area contributed by atoms with Gasteiger partial charge in [0, 0.05) is 68.6 Å². The number of benzene rings is 10. The molecule has 4 heteroatoms. The van der Waals surface area contributed by atoms with Crippen LogP contribution in [-0.4, -0.2) is 6.04 Å². The van der Waals surface area contributed by atoms with E-state index in [1.807, 2.05) is 0 Å². The molecular weight excluding hydrogens is 885 g/mol. The first kappa shape index (κ1) is 47.8. The first-order valence-corrected chi connectivity index (χ1v) is 25.7. The highest BCUT2D eigenvalue weighted by Gasteiger charge is 2.22. The topological polar surface area (TPSA) is 13.0 Å². The Kier molecular flexibility index (Phi) is 15.3. The quantitative estimate of drug-likeness (QED) is 0.0801. The lowest BCUT2D eigenvalue weighted by molar-refractivity contribution is 0.509. The molecule has 358 valence electrons. The molecule has 0 aliphatic heterocycles. The largest absolute Gasteiger partial charge is 0.338 e. The smallest absolute Gasteiger partial charge is 0.0463 e. The first-order valence-electron chi connectivity index (χ1n) is 25.7. The molecule has 0 spiro atoms. The lowest BCUT2D eigenvalue weighted by atomic mass is 9.97. The van der Waals surface area contributed by atoms with Gasteiger partial charge in [0.25, 0.3) is 0 Å². The summed E-state index contributed by atoms with van der Waals surface area (Å²) < 4.78 is 0. The van der Waals surface area contributed by atoms with Gasteiger partial charge in [-0.2, -0.15) is 0 Å². The summed E-state index contributed by atoms with van der Waals surface area (Å²) in [6.07, 6.45) is 7.84. The minimum Gasteiger partial charge on any atom is -0.338 e.